The maximum absolute atomic E-state index is 11.6. The van der Waals surface area contributed by atoms with Crippen LogP contribution in [0.15, 0.2) is 0 Å². The minimum Gasteiger partial charge on any atom is -0.330 e. The van der Waals surface area contributed by atoms with Crippen molar-refractivity contribution in [3.05, 3.63) is 0 Å². The highest BCUT2D eigenvalue weighted by Crippen LogP contribution is 2.12. The van der Waals surface area contributed by atoms with E-state index < -0.39 is 0 Å². The summed E-state index contributed by atoms with van der Waals surface area (Å²) in [4.78, 5) is 24.7. The fraction of sp³-hybridized carbons (Fsp3) is 0.846. The Morgan fingerprint density at radius 2 is 1.56 bits per heavy atom. The molecule has 0 aliphatic rings. The number of nitrogens with zero attached hydrogens (tertiary/aromatic N) is 1. The Labute approximate surface area is 100 Å². The molecule has 0 aliphatic heterocycles. The van der Waals surface area contributed by atoms with Gasteiger partial charge in [-0.15, -0.1) is 0 Å². The number of amides is 1. The summed E-state index contributed by atoms with van der Waals surface area (Å²) in [6.45, 7) is 13.2. The smallest absolute Gasteiger partial charge is 0.223 e. The quantitative estimate of drug-likeness (QED) is 0.726. The first-order valence-electron chi connectivity index (χ1n) is 6.27. The van der Waals surface area contributed by atoms with E-state index in [4.69, 9.17) is 0 Å². The van der Waals surface area contributed by atoms with Crippen molar-refractivity contribution in [3.8, 4) is 0 Å². The van der Waals surface area contributed by atoms with Gasteiger partial charge in [-0.05, 0) is 27.2 Å². The summed E-state index contributed by atoms with van der Waals surface area (Å²) >= 11 is 0. The van der Waals surface area contributed by atoms with Gasteiger partial charge < -0.3 is 4.90 Å². The zero-order valence-electron chi connectivity index (χ0n) is 11.8. The van der Waals surface area contributed by atoms with E-state index in [1.54, 1.807) is 11.8 Å². The van der Waals surface area contributed by atoms with E-state index in [-0.39, 0.29) is 23.8 Å². The first kappa shape index (κ1) is 17.5. The van der Waals surface area contributed by atoms with E-state index in [9.17, 15) is 9.59 Å². The molecule has 1 amide bonds. The van der Waals surface area contributed by atoms with E-state index >= 15 is 0 Å². The molecule has 0 saturated carbocycles. The zero-order chi connectivity index (χ0) is 13.3. The first-order valence-corrected chi connectivity index (χ1v) is 6.27. The maximum atomic E-state index is 11.6. The third-order valence-electron chi connectivity index (χ3n) is 2.34. The molecule has 0 saturated heterocycles. The number of hydrogen-bond donors (Lipinski definition) is 0. The van der Waals surface area contributed by atoms with Crippen LogP contribution >= 0.6 is 0 Å². The predicted molar refractivity (Wildman–Crippen MR) is 68.4 cm³/mol. The number of carbonyl (C=O) groups excluding carboxylic acids is 2. The van der Waals surface area contributed by atoms with Crippen molar-refractivity contribution >= 4 is 11.7 Å². The molecule has 0 spiro atoms. The zero-order valence-corrected chi connectivity index (χ0v) is 11.8. The molecule has 0 radical (unpaired) electrons. The van der Waals surface area contributed by atoms with Gasteiger partial charge in [0.25, 0.3) is 0 Å². The first-order chi connectivity index (χ1) is 7.45. The molecule has 16 heavy (non-hydrogen) atoms. The Bertz CT molecular complexity index is 212. The van der Waals surface area contributed by atoms with Gasteiger partial charge in [0.15, 0.2) is 5.78 Å². The normalized spacial score (nSPS) is 11.5. The third kappa shape index (κ3) is 5.29. The van der Waals surface area contributed by atoms with Crippen molar-refractivity contribution < 1.29 is 9.59 Å². The van der Waals surface area contributed by atoms with Crippen LogP contribution in [-0.4, -0.2) is 28.7 Å². The lowest BCUT2D eigenvalue weighted by Crippen LogP contribution is -2.47. The highest BCUT2D eigenvalue weighted by molar-refractivity contribution is 5.87. The largest absolute Gasteiger partial charge is 0.330 e. The van der Waals surface area contributed by atoms with Gasteiger partial charge in [-0.2, -0.15) is 0 Å². The van der Waals surface area contributed by atoms with Crippen LogP contribution in [-0.2, 0) is 9.59 Å². The number of hydrogen-bond acceptors (Lipinski definition) is 2. The molecule has 3 nitrogen and oxygen atoms in total. The van der Waals surface area contributed by atoms with Gasteiger partial charge in [-0.25, -0.2) is 0 Å². The second-order valence-electron chi connectivity index (χ2n) is 3.78. The molecule has 0 rings (SSSR count). The molecule has 0 fully saturated rings. The van der Waals surface area contributed by atoms with Crippen LogP contribution in [0.3, 0.4) is 0 Å². The maximum Gasteiger partial charge on any atom is 0.223 e. The van der Waals surface area contributed by atoms with Crippen molar-refractivity contribution in [2.24, 2.45) is 0 Å². The summed E-state index contributed by atoms with van der Waals surface area (Å²) in [5.41, 5.74) is 0. The predicted octanol–water partition coefficient (Wildman–Crippen LogP) is 3.03. The van der Waals surface area contributed by atoms with Crippen LogP contribution in [0.4, 0.5) is 0 Å². The summed E-state index contributed by atoms with van der Waals surface area (Å²) in [6, 6.07) is -0.154. The lowest BCUT2D eigenvalue weighted by atomic mass is 10.1. The summed E-state index contributed by atoms with van der Waals surface area (Å²) in [5.74, 6) is 0.130. The molecule has 1 unspecified atom stereocenters. The summed E-state index contributed by atoms with van der Waals surface area (Å²) in [7, 11) is 0. The molecule has 0 aromatic heterocycles. The highest BCUT2D eigenvalue weighted by atomic mass is 16.2. The number of Topliss-reactive ketones (excluding diaryl/α,β-unsaturated/α-hetero) is 1. The van der Waals surface area contributed by atoms with E-state index in [1.807, 2.05) is 41.5 Å². The van der Waals surface area contributed by atoms with Crippen LogP contribution in [0.25, 0.3) is 0 Å². The second kappa shape index (κ2) is 9.37. The van der Waals surface area contributed by atoms with Gasteiger partial charge in [0.1, 0.15) is 0 Å². The Morgan fingerprint density at radius 1 is 1.12 bits per heavy atom. The Morgan fingerprint density at radius 3 is 1.75 bits per heavy atom. The van der Waals surface area contributed by atoms with Crippen molar-refractivity contribution in [1.82, 2.24) is 4.90 Å². The van der Waals surface area contributed by atoms with E-state index in [2.05, 4.69) is 0 Å². The molecule has 3 heteroatoms. The average molecular weight is 229 g/mol. The minimum absolute atomic E-state index is 0.0575. The number of ketones is 1. The Balaban J connectivity index is 0. The Kier molecular flexibility index (Phi) is 10.3. The van der Waals surface area contributed by atoms with E-state index in [0.29, 0.717) is 12.8 Å². The fourth-order valence-corrected chi connectivity index (χ4v) is 1.68. The van der Waals surface area contributed by atoms with E-state index in [1.165, 1.54) is 0 Å². The topological polar surface area (TPSA) is 37.4 Å². The third-order valence-corrected chi connectivity index (χ3v) is 2.34. The molecular weight excluding hydrogens is 202 g/mol. The van der Waals surface area contributed by atoms with Crippen molar-refractivity contribution in [2.45, 2.75) is 73.4 Å². The van der Waals surface area contributed by atoms with Gasteiger partial charge >= 0.3 is 0 Å². The van der Waals surface area contributed by atoms with Gasteiger partial charge in [0.05, 0.1) is 6.04 Å². The minimum atomic E-state index is -0.248. The Hall–Kier alpha value is -0.860. The van der Waals surface area contributed by atoms with Gasteiger partial charge in [-0.3, -0.25) is 9.59 Å². The number of carbonyl (C=O) groups is 2. The van der Waals surface area contributed by atoms with Gasteiger partial charge in [0.2, 0.25) is 5.91 Å². The molecule has 0 aliphatic carbocycles. The van der Waals surface area contributed by atoms with Crippen LogP contribution in [0.2, 0.25) is 0 Å². The number of rotatable bonds is 5. The lowest BCUT2D eigenvalue weighted by Gasteiger charge is -2.32. The molecule has 1 atom stereocenters. The van der Waals surface area contributed by atoms with Crippen molar-refractivity contribution in [1.29, 1.82) is 0 Å². The molecule has 0 N–H and O–H groups in total. The monoisotopic (exact) mass is 229 g/mol. The summed E-state index contributed by atoms with van der Waals surface area (Å²) in [5, 5.41) is 0. The van der Waals surface area contributed by atoms with Crippen molar-refractivity contribution in [3.63, 3.8) is 0 Å². The molecular formula is C13H27NO2. The highest BCUT2D eigenvalue weighted by Gasteiger charge is 2.26. The lowest BCUT2D eigenvalue weighted by molar-refractivity contribution is -0.140. The van der Waals surface area contributed by atoms with Gasteiger partial charge in [-0.1, -0.05) is 27.7 Å². The van der Waals surface area contributed by atoms with E-state index in [0.717, 1.165) is 0 Å². The van der Waals surface area contributed by atoms with Crippen LogP contribution in [0.5, 0.6) is 0 Å². The molecule has 0 aromatic rings. The van der Waals surface area contributed by atoms with Crippen LogP contribution in [0, 0.1) is 0 Å². The van der Waals surface area contributed by atoms with Crippen molar-refractivity contribution in [2.75, 3.05) is 0 Å². The standard InChI is InChI=1S/C11H21NO2.C2H6/c1-6-10(9(5)13)12(8(3)4)11(14)7-2;1-2/h8,10H,6-7H2,1-5H3;1-2H3. The van der Waals surface area contributed by atoms with Crippen LogP contribution < -0.4 is 0 Å². The summed E-state index contributed by atoms with van der Waals surface area (Å²) < 4.78 is 0. The molecule has 0 bridgehead atoms. The fourth-order valence-electron chi connectivity index (χ4n) is 1.68. The SMILES string of the molecule is CC.CCC(=O)N(C(C)C)C(CC)C(C)=O. The second-order valence-corrected chi connectivity index (χ2v) is 3.78. The summed E-state index contributed by atoms with van der Waals surface area (Å²) in [6.07, 6.45) is 1.15. The van der Waals surface area contributed by atoms with Gasteiger partial charge in [0, 0.05) is 12.5 Å². The molecule has 0 heterocycles. The molecule has 96 valence electrons. The molecule has 0 aromatic carbocycles. The van der Waals surface area contributed by atoms with Crippen LogP contribution in [0.1, 0.15) is 61.3 Å². The average Bonchev–Trinajstić information content (AvgIpc) is 2.26.